The predicted molar refractivity (Wildman–Crippen MR) is 126 cm³/mol. The molecule has 0 unspecified atom stereocenters. The van der Waals surface area contributed by atoms with E-state index in [1.807, 2.05) is 24.3 Å². The van der Waals surface area contributed by atoms with Crippen LogP contribution in [0.4, 0.5) is 24.0 Å². The topological polar surface area (TPSA) is 47.0 Å². The van der Waals surface area contributed by atoms with Gasteiger partial charge in [0.15, 0.2) is 10.8 Å². The molecule has 0 bridgehead atoms. The largest absolute Gasteiger partial charge is 0.437 e. The SMILES string of the molecule is CC(C)(C)c1ccccc1Oc1ncccc1Nc1nc(C(F)(F)F)c(C2CCCCC2)s1. The number of ether oxygens (including phenoxy) is 1. The van der Waals surface area contributed by atoms with Crippen LogP contribution >= 0.6 is 11.3 Å². The van der Waals surface area contributed by atoms with Gasteiger partial charge in [-0.3, -0.25) is 0 Å². The molecule has 0 saturated heterocycles. The third-order valence-electron chi connectivity index (χ3n) is 5.81. The first kappa shape index (κ1) is 23.5. The second-order valence-corrected chi connectivity index (χ2v) is 10.4. The third-order valence-corrected chi connectivity index (χ3v) is 6.95. The van der Waals surface area contributed by atoms with Gasteiger partial charge in [0.25, 0.3) is 0 Å². The molecule has 1 N–H and O–H groups in total. The fourth-order valence-corrected chi connectivity index (χ4v) is 5.36. The normalized spacial score (nSPS) is 15.5. The molecule has 0 aliphatic heterocycles. The Morgan fingerprint density at radius 2 is 1.73 bits per heavy atom. The number of rotatable bonds is 5. The summed E-state index contributed by atoms with van der Waals surface area (Å²) in [4.78, 5) is 8.61. The van der Waals surface area contributed by atoms with E-state index in [0.717, 1.165) is 49.0 Å². The molecule has 176 valence electrons. The van der Waals surface area contributed by atoms with E-state index in [1.54, 1.807) is 18.3 Å². The molecule has 0 atom stereocenters. The van der Waals surface area contributed by atoms with E-state index in [-0.39, 0.29) is 22.3 Å². The number of pyridine rings is 1. The zero-order valence-electron chi connectivity index (χ0n) is 19.0. The molecule has 1 aliphatic rings. The van der Waals surface area contributed by atoms with Crippen molar-refractivity contribution in [2.45, 2.75) is 70.4 Å². The van der Waals surface area contributed by atoms with Gasteiger partial charge >= 0.3 is 6.18 Å². The third kappa shape index (κ3) is 5.49. The van der Waals surface area contributed by atoms with Crippen molar-refractivity contribution in [3.05, 3.63) is 58.7 Å². The Balaban J connectivity index is 1.65. The number of hydrogen-bond acceptors (Lipinski definition) is 5. The molecule has 1 aliphatic carbocycles. The molecule has 0 amide bonds. The van der Waals surface area contributed by atoms with Gasteiger partial charge in [0, 0.05) is 16.6 Å². The smallest absolute Gasteiger partial charge is 0.434 e. The molecular formula is C25H28F3N3OS. The molecular weight excluding hydrogens is 447 g/mol. The lowest BCUT2D eigenvalue weighted by Gasteiger charge is -2.22. The van der Waals surface area contributed by atoms with Crippen LogP contribution < -0.4 is 10.1 Å². The Bertz CT molecular complexity index is 1100. The van der Waals surface area contributed by atoms with E-state index >= 15 is 0 Å². The highest BCUT2D eigenvalue weighted by molar-refractivity contribution is 7.15. The lowest BCUT2D eigenvalue weighted by atomic mass is 9.86. The number of aromatic nitrogens is 2. The van der Waals surface area contributed by atoms with Crippen LogP contribution in [-0.4, -0.2) is 9.97 Å². The number of anilines is 2. The van der Waals surface area contributed by atoms with E-state index in [4.69, 9.17) is 4.74 Å². The highest BCUT2D eigenvalue weighted by Crippen LogP contribution is 2.45. The molecule has 4 nitrogen and oxygen atoms in total. The van der Waals surface area contributed by atoms with E-state index < -0.39 is 11.9 Å². The van der Waals surface area contributed by atoms with Gasteiger partial charge in [0.2, 0.25) is 5.88 Å². The minimum absolute atomic E-state index is 0.0910. The first-order valence-corrected chi connectivity index (χ1v) is 12.0. The van der Waals surface area contributed by atoms with Crippen LogP contribution in [-0.2, 0) is 11.6 Å². The Labute approximate surface area is 196 Å². The Kier molecular flexibility index (Phi) is 6.66. The van der Waals surface area contributed by atoms with Gasteiger partial charge in [0.1, 0.15) is 11.4 Å². The van der Waals surface area contributed by atoms with Crippen LogP contribution in [0.1, 0.15) is 74.9 Å². The molecule has 4 rings (SSSR count). The van der Waals surface area contributed by atoms with Crippen molar-refractivity contribution in [1.82, 2.24) is 9.97 Å². The molecule has 1 fully saturated rings. The fourth-order valence-electron chi connectivity index (χ4n) is 4.19. The van der Waals surface area contributed by atoms with Crippen LogP contribution in [0.5, 0.6) is 11.6 Å². The maximum Gasteiger partial charge on any atom is 0.434 e. The van der Waals surface area contributed by atoms with E-state index in [0.29, 0.717) is 16.3 Å². The standard InChI is InChI=1S/C25H28F3N3OS/c1-24(2,3)17-12-7-8-14-19(17)32-22-18(13-9-15-29-22)30-23-31-21(25(26,27)28)20(33-23)16-10-5-4-6-11-16/h7-9,12-16H,4-6,10-11H2,1-3H3,(H,30,31). The zero-order chi connectivity index (χ0) is 23.6. The predicted octanol–water partition coefficient (Wildman–Crippen LogP) is 8.44. The summed E-state index contributed by atoms with van der Waals surface area (Å²) in [6.45, 7) is 6.27. The van der Waals surface area contributed by atoms with Gasteiger partial charge in [-0.25, -0.2) is 9.97 Å². The summed E-state index contributed by atoms with van der Waals surface area (Å²) in [5.74, 6) is 0.855. The van der Waals surface area contributed by atoms with Gasteiger partial charge in [-0.15, -0.1) is 11.3 Å². The Morgan fingerprint density at radius 1 is 1.00 bits per heavy atom. The highest BCUT2D eigenvalue weighted by atomic mass is 32.1. The van der Waals surface area contributed by atoms with Gasteiger partial charge in [-0.2, -0.15) is 13.2 Å². The van der Waals surface area contributed by atoms with Crippen LogP contribution in [0.15, 0.2) is 42.6 Å². The molecule has 1 saturated carbocycles. The second-order valence-electron chi connectivity index (χ2n) is 9.39. The van der Waals surface area contributed by atoms with E-state index in [2.05, 4.69) is 36.1 Å². The molecule has 2 heterocycles. The fraction of sp³-hybridized carbons (Fsp3) is 0.440. The number of benzene rings is 1. The van der Waals surface area contributed by atoms with Crippen LogP contribution in [0.3, 0.4) is 0 Å². The minimum Gasteiger partial charge on any atom is -0.437 e. The van der Waals surface area contributed by atoms with Crippen molar-refractivity contribution >= 4 is 22.2 Å². The highest BCUT2D eigenvalue weighted by Gasteiger charge is 2.40. The monoisotopic (exact) mass is 475 g/mol. The average molecular weight is 476 g/mol. The quantitative estimate of drug-likeness (QED) is 0.402. The van der Waals surface area contributed by atoms with Gasteiger partial charge in [-0.1, -0.05) is 58.2 Å². The van der Waals surface area contributed by atoms with E-state index in [9.17, 15) is 13.2 Å². The molecule has 3 aromatic rings. The van der Waals surface area contributed by atoms with Crippen molar-refractivity contribution < 1.29 is 17.9 Å². The first-order valence-electron chi connectivity index (χ1n) is 11.2. The average Bonchev–Trinajstić information content (AvgIpc) is 3.20. The van der Waals surface area contributed by atoms with Crippen molar-refractivity contribution in [3.8, 4) is 11.6 Å². The number of thiazole rings is 1. The summed E-state index contributed by atoms with van der Waals surface area (Å²) in [5.41, 5.74) is 0.560. The van der Waals surface area contributed by atoms with Crippen LogP contribution in [0.25, 0.3) is 0 Å². The lowest BCUT2D eigenvalue weighted by Crippen LogP contribution is -2.13. The second kappa shape index (κ2) is 9.33. The molecule has 8 heteroatoms. The summed E-state index contributed by atoms with van der Waals surface area (Å²) >= 11 is 1.08. The van der Waals surface area contributed by atoms with Crippen molar-refractivity contribution in [3.63, 3.8) is 0 Å². The lowest BCUT2D eigenvalue weighted by molar-refractivity contribution is -0.141. The summed E-state index contributed by atoms with van der Waals surface area (Å²) in [6, 6.07) is 11.1. The Morgan fingerprint density at radius 3 is 2.42 bits per heavy atom. The Hall–Kier alpha value is -2.61. The maximum absolute atomic E-state index is 13.8. The van der Waals surface area contributed by atoms with Gasteiger partial charge in [0.05, 0.1) is 0 Å². The molecule has 0 radical (unpaired) electrons. The summed E-state index contributed by atoms with van der Waals surface area (Å²) in [7, 11) is 0. The van der Waals surface area contributed by atoms with Gasteiger partial charge in [-0.05, 0) is 42.4 Å². The number of nitrogens with one attached hydrogen (secondary N) is 1. The van der Waals surface area contributed by atoms with Gasteiger partial charge < -0.3 is 10.1 Å². The van der Waals surface area contributed by atoms with Crippen molar-refractivity contribution in [2.24, 2.45) is 0 Å². The number of alkyl halides is 3. The number of nitrogens with zero attached hydrogens (tertiary/aromatic N) is 2. The van der Waals surface area contributed by atoms with E-state index in [1.165, 1.54) is 0 Å². The molecule has 2 aromatic heterocycles. The van der Waals surface area contributed by atoms with Crippen molar-refractivity contribution in [2.75, 3.05) is 5.32 Å². The zero-order valence-corrected chi connectivity index (χ0v) is 19.8. The minimum atomic E-state index is -4.48. The molecule has 0 spiro atoms. The summed E-state index contributed by atoms with van der Waals surface area (Å²) in [5, 5.41) is 3.24. The number of hydrogen-bond donors (Lipinski definition) is 1. The molecule has 1 aromatic carbocycles. The molecule has 33 heavy (non-hydrogen) atoms. The first-order chi connectivity index (χ1) is 15.6. The van der Waals surface area contributed by atoms with Crippen LogP contribution in [0.2, 0.25) is 0 Å². The number of halogens is 3. The van der Waals surface area contributed by atoms with Crippen LogP contribution in [0, 0.1) is 0 Å². The summed E-state index contributed by atoms with van der Waals surface area (Å²) in [6.07, 6.45) is 1.64. The van der Waals surface area contributed by atoms with Crippen molar-refractivity contribution in [1.29, 1.82) is 0 Å². The maximum atomic E-state index is 13.8. The number of para-hydroxylation sites is 1. The summed E-state index contributed by atoms with van der Waals surface area (Å²) < 4.78 is 47.4.